The number of nitrogens with zero attached hydrogens (tertiary/aromatic N) is 1. The summed E-state index contributed by atoms with van der Waals surface area (Å²) in [6, 6.07) is 8.30. The molecule has 2 unspecified atom stereocenters. The van der Waals surface area contributed by atoms with Gasteiger partial charge in [0.1, 0.15) is 0 Å². The van der Waals surface area contributed by atoms with Crippen molar-refractivity contribution >= 4 is 11.6 Å². The summed E-state index contributed by atoms with van der Waals surface area (Å²) < 4.78 is 0. The maximum Gasteiger partial charge on any atom is 0.0667 e. The number of benzene rings is 1. The van der Waals surface area contributed by atoms with Crippen molar-refractivity contribution in [3.63, 3.8) is 0 Å². The molecule has 0 aromatic heterocycles. The summed E-state index contributed by atoms with van der Waals surface area (Å²) in [6.45, 7) is 4.00. The highest BCUT2D eigenvalue weighted by molar-refractivity contribution is 6.30. The van der Waals surface area contributed by atoms with Crippen molar-refractivity contribution in [2.75, 3.05) is 13.1 Å². The van der Waals surface area contributed by atoms with Gasteiger partial charge in [-0.25, -0.2) is 0 Å². The first-order valence-electron chi connectivity index (χ1n) is 5.84. The normalized spacial score (nSPS) is 24.3. The second-order valence-corrected chi connectivity index (χ2v) is 4.96. The third-order valence-corrected chi connectivity index (χ3v) is 3.54. The number of aliphatic hydroxyl groups is 1. The Morgan fingerprint density at radius 3 is 3.00 bits per heavy atom. The predicted molar refractivity (Wildman–Crippen MR) is 66.7 cm³/mol. The quantitative estimate of drug-likeness (QED) is 0.858. The van der Waals surface area contributed by atoms with Gasteiger partial charge in [0.15, 0.2) is 0 Å². The Morgan fingerprint density at radius 1 is 1.50 bits per heavy atom. The molecule has 0 aliphatic carbocycles. The van der Waals surface area contributed by atoms with Gasteiger partial charge in [-0.2, -0.15) is 0 Å². The van der Waals surface area contributed by atoms with Gasteiger partial charge >= 0.3 is 0 Å². The standard InChI is InChI=1S/C13H18ClNO/c1-10(11-4-2-5-12(14)8-11)15-7-3-6-13(16)9-15/h2,4-5,8,10,13,16H,3,6-7,9H2,1H3. The highest BCUT2D eigenvalue weighted by Crippen LogP contribution is 2.25. The molecule has 2 atom stereocenters. The number of likely N-dealkylation sites (tertiary alicyclic amines) is 1. The number of hydrogen-bond acceptors (Lipinski definition) is 2. The molecule has 1 heterocycles. The maximum atomic E-state index is 9.66. The van der Waals surface area contributed by atoms with E-state index in [0.717, 1.165) is 31.0 Å². The molecule has 1 N–H and O–H groups in total. The van der Waals surface area contributed by atoms with Gasteiger partial charge in [0.2, 0.25) is 0 Å². The highest BCUT2D eigenvalue weighted by Gasteiger charge is 2.22. The largest absolute Gasteiger partial charge is 0.392 e. The van der Waals surface area contributed by atoms with Crippen molar-refractivity contribution in [2.45, 2.75) is 31.9 Å². The zero-order chi connectivity index (χ0) is 11.5. The minimum Gasteiger partial charge on any atom is -0.392 e. The third-order valence-electron chi connectivity index (χ3n) is 3.31. The van der Waals surface area contributed by atoms with Crippen LogP contribution in [0, 0.1) is 0 Å². The molecule has 0 radical (unpaired) electrons. The Kier molecular flexibility index (Phi) is 3.85. The van der Waals surface area contributed by atoms with E-state index in [1.54, 1.807) is 0 Å². The minimum absolute atomic E-state index is 0.171. The van der Waals surface area contributed by atoms with Crippen LogP contribution in [-0.2, 0) is 0 Å². The van der Waals surface area contributed by atoms with Crippen molar-refractivity contribution in [2.24, 2.45) is 0 Å². The zero-order valence-electron chi connectivity index (χ0n) is 9.56. The van der Waals surface area contributed by atoms with Gasteiger partial charge in [-0.15, -0.1) is 0 Å². The maximum absolute atomic E-state index is 9.66. The van der Waals surface area contributed by atoms with E-state index in [4.69, 9.17) is 11.6 Å². The Morgan fingerprint density at radius 2 is 2.31 bits per heavy atom. The van der Waals surface area contributed by atoms with Gasteiger partial charge in [-0.05, 0) is 44.0 Å². The molecule has 1 aromatic carbocycles. The summed E-state index contributed by atoms with van der Waals surface area (Å²) in [7, 11) is 0. The van der Waals surface area contributed by atoms with E-state index in [1.807, 2.05) is 18.2 Å². The first kappa shape index (κ1) is 11.9. The van der Waals surface area contributed by atoms with Crippen LogP contribution in [-0.4, -0.2) is 29.2 Å². The van der Waals surface area contributed by atoms with Crippen LogP contribution in [0.2, 0.25) is 5.02 Å². The lowest BCUT2D eigenvalue weighted by molar-refractivity contribution is 0.0504. The average molecular weight is 240 g/mol. The average Bonchev–Trinajstić information content (AvgIpc) is 2.28. The minimum atomic E-state index is -0.171. The van der Waals surface area contributed by atoms with Crippen LogP contribution in [0.25, 0.3) is 0 Å². The smallest absolute Gasteiger partial charge is 0.0667 e. The lowest BCUT2D eigenvalue weighted by Crippen LogP contribution is -2.39. The molecule has 2 rings (SSSR count). The molecule has 0 spiro atoms. The lowest BCUT2D eigenvalue weighted by atomic mass is 10.0. The molecule has 0 bridgehead atoms. The summed E-state index contributed by atoms with van der Waals surface area (Å²) in [6.07, 6.45) is 1.83. The van der Waals surface area contributed by atoms with Crippen LogP contribution in [0.1, 0.15) is 31.4 Å². The Bertz CT molecular complexity index is 356. The van der Waals surface area contributed by atoms with E-state index in [-0.39, 0.29) is 6.10 Å². The molecule has 88 valence electrons. The topological polar surface area (TPSA) is 23.5 Å². The second kappa shape index (κ2) is 5.17. The number of rotatable bonds is 2. The molecule has 2 nitrogen and oxygen atoms in total. The number of β-amino-alcohol motifs (C(OH)–C–C–N with tert-alkyl or cyclic N) is 1. The van der Waals surface area contributed by atoms with Crippen LogP contribution in [0.4, 0.5) is 0 Å². The van der Waals surface area contributed by atoms with Crippen molar-refractivity contribution in [1.82, 2.24) is 4.90 Å². The molecular formula is C13H18ClNO. The summed E-state index contributed by atoms with van der Waals surface area (Å²) in [5.74, 6) is 0. The fourth-order valence-electron chi connectivity index (χ4n) is 2.31. The number of aliphatic hydroxyl groups excluding tert-OH is 1. The fourth-order valence-corrected chi connectivity index (χ4v) is 2.51. The van der Waals surface area contributed by atoms with Crippen LogP contribution < -0.4 is 0 Å². The van der Waals surface area contributed by atoms with Crippen molar-refractivity contribution in [1.29, 1.82) is 0 Å². The lowest BCUT2D eigenvalue weighted by Gasteiger charge is -2.35. The van der Waals surface area contributed by atoms with E-state index in [1.165, 1.54) is 5.56 Å². The SMILES string of the molecule is CC(c1cccc(Cl)c1)N1CCCC(O)C1. The fraction of sp³-hybridized carbons (Fsp3) is 0.538. The van der Waals surface area contributed by atoms with Crippen molar-refractivity contribution < 1.29 is 5.11 Å². The Labute approximate surface area is 102 Å². The molecule has 0 amide bonds. The number of piperidine rings is 1. The molecule has 1 aromatic rings. The van der Waals surface area contributed by atoms with Crippen LogP contribution in [0.15, 0.2) is 24.3 Å². The van der Waals surface area contributed by atoms with Gasteiger partial charge < -0.3 is 5.11 Å². The van der Waals surface area contributed by atoms with E-state index in [9.17, 15) is 5.11 Å². The first-order valence-corrected chi connectivity index (χ1v) is 6.22. The molecule has 0 saturated carbocycles. The van der Waals surface area contributed by atoms with Gasteiger partial charge in [-0.3, -0.25) is 4.90 Å². The monoisotopic (exact) mass is 239 g/mol. The Balaban J connectivity index is 2.09. The third kappa shape index (κ3) is 2.76. The zero-order valence-corrected chi connectivity index (χ0v) is 10.3. The van der Waals surface area contributed by atoms with E-state index in [0.29, 0.717) is 6.04 Å². The molecular weight excluding hydrogens is 222 g/mol. The number of halogens is 1. The molecule has 3 heteroatoms. The van der Waals surface area contributed by atoms with Crippen LogP contribution in [0.3, 0.4) is 0 Å². The van der Waals surface area contributed by atoms with Crippen LogP contribution in [0.5, 0.6) is 0 Å². The first-order chi connectivity index (χ1) is 7.66. The Hall–Kier alpha value is -0.570. The van der Waals surface area contributed by atoms with Crippen molar-refractivity contribution in [3.05, 3.63) is 34.9 Å². The van der Waals surface area contributed by atoms with Gasteiger partial charge in [0, 0.05) is 17.6 Å². The molecule has 1 fully saturated rings. The summed E-state index contributed by atoms with van der Waals surface area (Å²) in [5, 5.41) is 10.4. The van der Waals surface area contributed by atoms with E-state index in [2.05, 4.69) is 17.9 Å². The van der Waals surface area contributed by atoms with Gasteiger partial charge in [-0.1, -0.05) is 23.7 Å². The molecule has 1 saturated heterocycles. The van der Waals surface area contributed by atoms with Gasteiger partial charge in [0.05, 0.1) is 6.10 Å². The molecule has 1 aliphatic rings. The number of hydrogen-bond donors (Lipinski definition) is 1. The summed E-state index contributed by atoms with van der Waals surface area (Å²) >= 11 is 5.99. The molecule has 1 aliphatic heterocycles. The van der Waals surface area contributed by atoms with Crippen LogP contribution >= 0.6 is 11.6 Å². The predicted octanol–water partition coefficient (Wildman–Crippen LogP) is 2.86. The van der Waals surface area contributed by atoms with E-state index < -0.39 is 0 Å². The summed E-state index contributed by atoms with van der Waals surface area (Å²) in [5.41, 5.74) is 1.22. The van der Waals surface area contributed by atoms with Gasteiger partial charge in [0.25, 0.3) is 0 Å². The highest BCUT2D eigenvalue weighted by atomic mass is 35.5. The second-order valence-electron chi connectivity index (χ2n) is 4.52. The molecule has 16 heavy (non-hydrogen) atoms. The van der Waals surface area contributed by atoms with Crippen molar-refractivity contribution in [3.8, 4) is 0 Å². The van der Waals surface area contributed by atoms with E-state index >= 15 is 0 Å². The summed E-state index contributed by atoms with van der Waals surface area (Å²) in [4.78, 5) is 2.32.